The molecule has 118 valence electrons. The third-order valence-electron chi connectivity index (χ3n) is 4.54. The summed E-state index contributed by atoms with van der Waals surface area (Å²) in [6.07, 6.45) is 1.78. The summed E-state index contributed by atoms with van der Waals surface area (Å²) < 4.78 is 38.4. The molecule has 4 heteroatoms. The van der Waals surface area contributed by atoms with Crippen LogP contribution in [0.2, 0.25) is 0 Å². The van der Waals surface area contributed by atoms with Crippen molar-refractivity contribution in [1.82, 2.24) is 5.32 Å². The van der Waals surface area contributed by atoms with Crippen LogP contribution in [0.25, 0.3) is 0 Å². The zero-order chi connectivity index (χ0) is 15.5. The average Bonchev–Trinajstić information content (AvgIpc) is 2.63. The molecule has 0 amide bonds. The first-order chi connectivity index (χ1) is 9.88. The van der Waals surface area contributed by atoms with Gasteiger partial charge in [-0.1, -0.05) is 38.3 Å². The highest BCUT2D eigenvalue weighted by Gasteiger charge is 2.31. The lowest BCUT2D eigenvalue weighted by atomic mass is 9.95. The molecule has 0 spiro atoms. The SMILES string of the molecule is CC(NC1CCCCCC1C)c1cccc(C(F)(F)F)c1. The fourth-order valence-electron chi connectivity index (χ4n) is 3.14. The molecule has 3 atom stereocenters. The van der Waals surface area contributed by atoms with Crippen molar-refractivity contribution >= 4 is 0 Å². The zero-order valence-electron chi connectivity index (χ0n) is 12.7. The van der Waals surface area contributed by atoms with Gasteiger partial charge in [-0.2, -0.15) is 13.2 Å². The van der Waals surface area contributed by atoms with Crippen molar-refractivity contribution < 1.29 is 13.2 Å². The maximum Gasteiger partial charge on any atom is 0.416 e. The van der Waals surface area contributed by atoms with Crippen LogP contribution < -0.4 is 5.32 Å². The monoisotopic (exact) mass is 299 g/mol. The molecule has 0 heterocycles. The Morgan fingerprint density at radius 3 is 2.57 bits per heavy atom. The van der Waals surface area contributed by atoms with Gasteiger partial charge in [-0.25, -0.2) is 0 Å². The Balaban J connectivity index is 2.07. The van der Waals surface area contributed by atoms with E-state index in [0.29, 0.717) is 17.5 Å². The second kappa shape index (κ2) is 6.82. The molecule has 0 radical (unpaired) electrons. The summed E-state index contributed by atoms with van der Waals surface area (Å²) in [5.41, 5.74) is 0.142. The summed E-state index contributed by atoms with van der Waals surface area (Å²) in [5.74, 6) is 0.584. The minimum atomic E-state index is -4.27. The number of rotatable bonds is 3. The number of hydrogen-bond acceptors (Lipinski definition) is 1. The second-order valence-corrected chi connectivity index (χ2v) is 6.23. The quantitative estimate of drug-likeness (QED) is 0.744. The van der Waals surface area contributed by atoms with Crippen LogP contribution >= 0.6 is 0 Å². The van der Waals surface area contributed by atoms with Crippen molar-refractivity contribution in [2.75, 3.05) is 0 Å². The van der Waals surface area contributed by atoms with Crippen LogP contribution in [0.4, 0.5) is 13.2 Å². The summed E-state index contributed by atoms with van der Waals surface area (Å²) in [6, 6.07) is 6.00. The van der Waals surface area contributed by atoms with Crippen molar-refractivity contribution in [3.8, 4) is 0 Å². The molecule has 0 bridgehead atoms. The highest BCUT2D eigenvalue weighted by Crippen LogP contribution is 2.31. The van der Waals surface area contributed by atoms with Gasteiger partial charge in [-0.05, 0) is 43.4 Å². The predicted molar refractivity (Wildman–Crippen MR) is 79.0 cm³/mol. The third-order valence-corrected chi connectivity index (χ3v) is 4.54. The Morgan fingerprint density at radius 1 is 1.14 bits per heavy atom. The van der Waals surface area contributed by atoms with Crippen LogP contribution in [0.5, 0.6) is 0 Å². The highest BCUT2D eigenvalue weighted by molar-refractivity contribution is 5.27. The Labute approximate surface area is 124 Å². The lowest BCUT2D eigenvalue weighted by molar-refractivity contribution is -0.137. The number of hydrogen-bond donors (Lipinski definition) is 1. The molecule has 3 unspecified atom stereocenters. The van der Waals surface area contributed by atoms with Crippen LogP contribution in [0.1, 0.15) is 63.1 Å². The minimum Gasteiger partial charge on any atom is -0.307 e. The summed E-state index contributed by atoms with van der Waals surface area (Å²) in [5, 5.41) is 3.54. The molecule has 21 heavy (non-hydrogen) atoms. The average molecular weight is 299 g/mol. The van der Waals surface area contributed by atoms with E-state index in [1.807, 2.05) is 6.92 Å². The Kier molecular flexibility index (Phi) is 5.31. The largest absolute Gasteiger partial charge is 0.416 e. The standard InChI is InChI=1S/C17H24F3N/c1-12-7-4-3-5-10-16(12)21-13(2)14-8-6-9-15(11-14)17(18,19)20/h6,8-9,11-13,16,21H,3-5,7,10H2,1-2H3. The van der Waals surface area contributed by atoms with Gasteiger partial charge in [0, 0.05) is 12.1 Å². The van der Waals surface area contributed by atoms with Gasteiger partial charge in [0.15, 0.2) is 0 Å². The first-order valence-electron chi connectivity index (χ1n) is 7.81. The van der Waals surface area contributed by atoms with Gasteiger partial charge < -0.3 is 5.32 Å². The Bertz CT molecular complexity index is 456. The molecule has 0 saturated heterocycles. The van der Waals surface area contributed by atoms with E-state index in [4.69, 9.17) is 0 Å². The van der Waals surface area contributed by atoms with Crippen LogP contribution in [-0.2, 0) is 6.18 Å². The van der Waals surface area contributed by atoms with E-state index >= 15 is 0 Å². The van der Waals surface area contributed by atoms with E-state index in [-0.39, 0.29) is 6.04 Å². The Morgan fingerprint density at radius 2 is 1.86 bits per heavy atom. The molecule has 1 aromatic carbocycles. The normalized spacial score (nSPS) is 25.4. The van der Waals surface area contributed by atoms with E-state index in [2.05, 4.69) is 12.2 Å². The van der Waals surface area contributed by atoms with Crippen LogP contribution in [0.3, 0.4) is 0 Å². The lowest BCUT2D eigenvalue weighted by Crippen LogP contribution is -2.36. The molecule has 1 fully saturated rings. The first-order valence-corrected chi connectivity index (χ1v) is 7.81. The molecule has 0 aliphatic heterocycles. The van der Waals surface area contributed by atoms with Gasteiger partial charge in [-0.3, -0.25) is 0 Å². The number of halogens is 3. The minimum absolute atomic E-state index is 0.0575. The van der Waals surface area contributed by atoms with Gasteiger partial charge in [0.05, 0.1) is 5.56 Å². The predicted octanol–water partition coefficient (Wildman–Crippen LogP) is 5.32. The van der Waals surface area contributed by atoms with E-state index in [1.165, 1.54) is 37.8 Å². The van der Waals surface area contributed by atoms with Gasteiger partial charge in [0.25, 0.3) is 0 Å². The maximum absolute atomic E-state index is 12.8. The molecule has 1 nitrogen and oxygen atoms in total. The molecule has 0 aromatic heterocycles. The number of alkyl halides is 3. The van der Waals surface area contributed by atoms with Crippen molar-refractivity contribution in [2.45, 2.75) is 64.2 Å². The molecular formula is C17H24F3N. The van der Waals surface area contributed by atoms with Gasteiger partial charge >= 0.3 is 6.18 Å². The smallest absolute Gasteiger partial charge is 0.307 e. The first kappa shape index (κ1) is 16.3. The second-order valence-electron chi connectivity index (χ2n) is 6.23. The van der Waals surface area contributed by atoms with E-state index < -0.39 is 11.7 Å². The molecule has 1 saturated carbocycles. The third kappa shape index (κ3) is 4.47. The number of nitrogens with one attached hydrogen (secondary N) is 1. The van der Waals surface area contributed by atoms with Gasteiger partial charge in [0.2, 0.25) is 0 Å². The van der Waals surface area contributed by atoms with E-state index in [0.717, 1.165) is 12.5 Å². The van der Waals surface area contributed by atoms with E-state index in [1.54, 1.807) is 6.07 Å². The molecule has 1 aliphatic carbocycles. The Hall–Kier alpha value is -1.03. The van der Waals surface area contributed by atoms with Crippen LogP contribution in [0, 0.1) is 5.92 Å². The zero-order valence-corrected chi connectivity index (χ0v) is 12.7. The fraction of sp³-hybridized carbons (Fsp3) is 0.647. The molecule has 1 aromatic rings. The van der Waals surface area contributed by atoms with Crippen molar-refractivity contribution in [1.29, 1.82) is 0 Å². The summed E-state index contributed by atoms with van der Waals surface area (Å²) in [6.45, 7) is 4.19. The topological polar surface area (TPSA) is 12.0 Å². The maximum atomic E-state index is 12.8. The van der Waals surface area contributed by atoms with Crippen LogP contribution in [0.15, 0.2) is 24.3 Å². The van der Waals surface area contributed by atoms with Crippen molar-refractivity contribution in [2.24, 2.45) is 5.92 Å². The molecular weight excluding hydrogens is 275 g/mol. The van der Waals surface area contributed by atoms with E-state index in [9.17, 15) is 13.2 Å². The van der Waals surface area contributed by atoms with Crippen molar-refractivity contribution in [3.05, 3.63) is 35.4 Å². The van der Waals surface area contributed by atoms with Crippen molar-refractivity contribution in [3.63, 3.8) is 0 Å². The summed E-state index contributed by atoms with van der Waals surface area (Å²) in [7, 11) is 0. The summed E-state index contributed by atoms with van der Waals surface area (Å²) in [4.78, 5) is 0. The molecule has 1 aliphatic rings. The molecule has 2 rings (SSSR count). The van der Waals surface area contributed by atoms with Gasteiger partial charge in [-0.15, -0.1) is 0 Å². The molecule has 1 N–H and O–H groups in total. The number of benzene rings is 1. The van der Waals surface area contributed by atoms with Gasteiger partial charge in [0.1, 0.15) is 0 Å². The van der Waals surface area contributed by atoms with Crippen LogP contribution in [-0.4, -0.2) is 6.04 Å². The summed E-state index contributed by atoms with van der Waals surface area (Å²) >= 11 is 0. The fourth-order valence-corrected chi connectivity index (χ4v) is 3.14. The lowest BCUT2D eigenvalue weighted by Gasteiger charge is -2.27. The highest BCUT2D eigenvalue weighted by atomic mass is 19.4.